The van der Waals surface area contributed by atoms with E-state index in [1.54, 1.807) is 6.20 Å². The fourth-order valence-corrected chi connectivity index (χ4v) is 4.87. The number of carbonyl (C=O) groups is 1. The smallest absolute Gasteiger partial charge is 0.258 e. The number of hydrogen-bond donors (Lipinski definition) is 2. The lowest BCUT2D eigenvalue weighted by molar-refractivity contribution is 0.0606. The summed E-state index contributed by atoms with van der Waals surface area (Å²) in [5, 5.41) is 4.82. The summed E-state index contributed by atoms with van der Waals surface area (Å²) >= 11 is 0. The van der Waals surface area contributed by atoms with Gasteiger partial charge in [0, 0.05) is 49.7 Å². The summed E-state index contributed by atoms with van der Waals surface area (Å²) in [4.78, 5) is 26.6. The molecule has 2 atom stereocenters. The molecule has 0 bridgehead atoms. The molecule has 3 aromatic heterocycles. The highest BCUT2D eigenvalue weighted by Crippen LogP contribution is 2.33. The maximum absolute atomic E-state index is 13.4. The van der Waals surface area contributed by atoms with Crippen LogP contribution in [0.25, 0.3) is 5.65 Å². The van der Waals surface area contributed by atoms with Crippen LogP contribution in [0.2, 0.25) is 0 Å². The Labute approximate surface area is 187 Å². The van der Waals surface area contributed by atoms with Gasteiger partial charge in [0.25, 0.3) is 5.91 Å². The van der Waals surface area contributed by atoms with Crippen molar-refractivity contribution in [3.05, 3.63) is 46.9 Å². The fourth-order valence-electron chi connectivity index (χ4n) is 4.87. The first-order valence-corrected chi connectivity index (χ1v) is 11.3. The molecule has 5 rings (SSSR count). The Balaban J connectivity index is 1.48. The van der Waals surface area contributed by atoms with E-state index in [0.717, 1.165) is 67.1 Å². The summed E-state index contributed by atoms with van der Waals surface area (Å²) < 4.78 is 1.82. The highest BCUT2D eigenvalue weighted by Gasteiger charge is 2.32. The normalized spacial score (nSPS) is 21.5. The summed E-state index contributed by atoms with van der Waals surface area (Å²) in [5.41, 5.74) is 16.2. The van der Waals surface area contributed by atoms with Gasteiger partial charge in [0.15, 0.2) is 5.65 Å². The lowest BCUT2D eigenvalue weighted by Crippen LogP contribution is -2.39. The summed E-state index contributed by atoms with van der Waals surface area (Å²) in [6.07, 6.45) is 7.55. The quantitative estimate of drug-likeness (QED) is 0.649. The molecule has 2 unspecified atom stereocenters. The largest absolute Gasteiger partial charge is 0.383 e. The predicted octanol–water partition coefficient (Wildman–Crippen LogP) is 2.23. The number of amides is 1. The molecular weight excluding hydrogens is 404 g/mol. The van der Waals surface area contributed by atoms with Crippen LogP contribution < -0.4 is 16.4 Å². The van der Waals surface area contributed by atoms with Crippen molar-refractivity contribution in [2.24, 2.45) is 5.73 Å². The number of nitrogen functional groups attached to an aromatic ring is 1. The van der Waals surface area contributed by atoms with E-state index in [1.807, 2.05) is 34.7 Å². The summed E-state index contributed by atoms with van der Waals surface area (Å²) in [5.74, 6) is 1.15. The fraction of sp³-hybridized carbons (Fsp3) is 0.478. The van der Waals surface area contributed by atoms with E-state index in [0.29, 0.717) is 12.1 Å². The van der Waals surface area contributed by atoms with Crippen LogP contribution in [-0.2, 0) is 0 Å². The predicted molar refractivity (Wildman–Crippen MR) is 124 cm³/mol. The maximum atomic E-state index is 13.4. The molecule has 9 heteroatoms. The number of rotatable bonds is 3. The molecule has 168 valence electrons. The standard InChI is InChI=1S/C23H30N8O/c1-14-9-17(21(25)26-11-14)23(32)30-7-4-3-5-19(30)18-10-20-27-22(15(2)12-31(20)28-18)29-8-6-16(24)13-29/h9-12,16,19H,3-8,13,24H2,1-2H3,(H2,25,26). The molecule has 0 saturated carbocycles. The zero-order valence-electron chi connectivity index (χ0n) is 18.7. The number of likely N-dealkylation sites (tertiary alicyclic amines) is 1. The topological polar surface area (TPSA) is 119 Å². The number of hydrogen-bond acceptors (Lipinski definition) is 7. The average Bonchev–Trinajstić information content (AvgIpc) is 3.40. The molecule has 0 aromatic carbocycles. The molecule has 4 N–H and O–H groups in total. The third-order valence-electron chi connectivity index (χ3n) is 6.54. The second-order valence-electron chi connectivity index (χ2n) is 9.07. The van der Waals surface area contributed by atoms with Crippen molar-refractivity contribution in [2.45, 2.75) is 51.6 Å². The Morgan fingerprint density at radius 1 is 1.16 bits per heavy atom. The van der Waals surface area contributed by atoms with E-state index in [2.05, 4.69) is 16.8 Å². The van der Waals surface area contributed by atoms with Gasteiger partial charge in [-0.25, -0.2) is 14.5 Å². The van der Waals surface area contributed by atoms with Gasteiger partial charge in [-0.2, -0.15) is 5.10 Å². The molecule has 0 aliphatic carbocycles. The first-order valence-electron chi connectivity index (χ1n) is 11.3. The van der Waals surface area contributed by atoms with Crippen LogP contribution in [0.1, 0.15) is 58.9 Å². The van der Waals surface area contributed by atoms with Gasteiger partial charge in [-0.3, -0.25) is 4.79 Å². The average molecular weight is 435 g/mol. The highest BCUT2D eigenvalue weighted by molar-refractivity contribution is 5.98. The zero-order valence-corrected chi connectivity index (χ0v) is 18.7. The zero-order chi connectivity index (χ0) is 22.4. The first kappa shape index (κ1) is 20.7. The molecular formula is C23H30N8O. The van der Waals surface area contributed by atoms with Gasteiger partial charge in [-0.1, -0.05) is 0 Å². The van der Waals surface area contributed by atoms with Crippen LogP contribution in [0.15, 0.2) is 24.5 Å². The number of nitrogens with two attached hydrogens (primary N) is 2. The second-order valence-corrected chi connectivity index (χ2v) is 9.07. The van der Waals surface area contributed by atoms with E-state index in [-0.39, 0.29) is 23.8 Å². The van der Waals surface area contributed by atoms with Crippen LogP contribution in [-0.4, -0.2) is 56.1 Å². The number of piperidine rings is 1. The molecule has 5 heterocycles. The Morgan fingerprint density at radius 2 is 2.00 bits per heavy atom. The Kier molecular flexibility index (Phi) is 5.21. The molecule has 1 amide bonds. The Morgan fingerprint density at radius 3 is 2.78 bits per heavy atom. The molecule has 9 nitrogen and oxygen atoms in total. The highest BCUT2D eigenvalue weighted by atomic mass is 16.2. The number of aromatic nitrogens is 4. The maximum Gasteiger partial charge on any atom is 0.258 e. The number of aryl methyl sites for hydroxylation is 2. The van der Waals surface area contributed by atoms with Crippen molar-refractivity contribution in [3.8, 4) is 0 Å². The van der Waals surface area contributed by atoms with Crippen LogP contribution in [0.3, 0.4) is 0 Å². The van der Waals surface area contributed by atoms with Crippen molar-refractivity contribution in [3.63, 3.8) is 0 Å². The minimum absolute atomic E-state index is 0.0867. The van der Waals surface area contributed by atoms with E-state index in [1.165, 1.54) is 0 Å². The molecule has 0 radical (unpaired) electrons. The van der Waals surface area contributed by atoms with Gasteiger partial charge in [-0.05, 0) is 51.2 Å². The van der Waals surface area contributed by atoms with Gasteiger partial charge < -0.3 is 21.3 Å². The van der Waals surface area contributed by atoms with Crippen molar-refractivity contribution < 1.29 is 4.79 Å². The van der Waals surface area contributed by atoms with Gasteiger partial charge in [0.1, 0.15) is 11.6 Å². The van der Waals surface area contributed by atoms with Crippen LogP contribution >= 0.6 is 0 Å². The molecule has 3 aromatic rings. The lowest BCUT2D eigenvalue weighted by Gasteiger charge is -2.35. The number of pyridine rings is 1. The molecule has 0 spiro atoms. The van der Waals surface area contributed by atoms with Crippen molar-refractivity contribution in [1.29, 1.82) is 0 Å². The molecule has 2 aliphatic rings. The second kappa shape index (κ2) is 8.05. The molecule has 2 fully saturated rings. The van der Waals surface area contributed by atoms with Crippen molar-refractivity contribution >= 4 is 23.2 Å². The minimum Gasteiger partial charge on any atom is -0.383 e. The first-order chi connectivity index (χ1) is 15.4. The molecule has 2 saturated heterocycles. The third-order valence-corrected chi connectivity index (χ3v) is 6.54. The number of nitrogens with zero attached hydrogens (tertiary/aromatic N) is 6. The summed E-state index contributed by atoms with van der Waals surface area (Å²) in [7, 11) is 0. The summed E-state index contributed by atoms with van der Waals surface area (Å²) in [6, 6.07) is 3.91. The van der Waals surface area contributed by atoms with E-state index < -0.39 is 0 Å². The van der Waals surface area contributed by atoms with E-state index in [9.17, 15) is 4.79 Å². The Hall–Kier alpha value is -3.20. The van der Waals surface area contributed by atoms with Crippen LogP contribution in [0.5, 0.6) is 0 Å². The monoisotopic (exact) mass is 434 g/mol. The van der Waals surface area contributed by atoms with Gasteiger partial charge in [0.05, 0.1) is 17.3 Å². The van der Waals surface area contributed by atoms with E-state index in [4.69, 9.17) is 21.5 Å². The van der Waals surface area contributed by atoms with Gasteiger partial charge in [0.2, 0.25) is 0 Å². The van der Waals surface area contributed by atoms with Crippen molar-refractivity contribution in [2.75, 3.05) is 30.3 Å². The van der Waals surface area contributed by atoms with Gasteiger partial charge in [-0.15, -0.1) is 0 Å². The number of anilines is 2. The molecule has 2 aliphatic heterocycles. The molecule has 32 heavy (non-hydrogen) atoms. The van der Waals surface area contributed by atoms with Crippen LogP contribution in [0, 0.1) is 13.8 Å². The number of carbonyl (C=O) groups excluding carboxylic acids is 1. The van der Waals surface area contributed by atoms with Gasteiger partial charge >= 0.3 is 0 Å². The van der Waals surface area contributed by atoms with Crippen LogP contribution in [0.4, 0.5) is 11.6 Å². The Bertz CT molecular complexity index is 1170. The SMILES string of the molecule is Cc1cnc(N)c(C(=O)N2CCCCC2c2cc3nc(N4CCC(N)C4)c(C)cn3n2)c1. The minimum atomic E-state index is -0.109. The lowest BCUT2D eigenvalue weighted by atomic mass is 9.98. The third kappa shape index (κ3) is 3.66. The summed E-state index contributed by atoms with van der Waals surface area (Å²) in [6.45, 7) is 6.38. The van der Waals surface area contributed by atoms with E-state index >= 15 is 0 Å². The number of fused-ring (bicyclic) bond motifs is 1. The van der Waals surface area contributed by atoms with Crippen molar-refractivity contribution in [1.82, 2.24) is 24.5 Å².